The molecule has 34 heavy (non-hydrogen) atoms. The van der Waals surface area contributed by atoms with Crippen molar-refractivity contribution in [2.45, 2.75) is 13.0 Å². The molecule has 0 unspecified atom stereocenters. The molecule has 9 nitrogen and oxygen atoms in total. The average molecular weight is 451 g/mol. The minimum Gasteiger partial charge on any atom is -0.346 e. The Bertz CT molecular complexity index is 1340. The van der Waals surface area contributed by atoms with Gasteiger partial charge in [0.05, 0.1) is 16.3 Å². The number of nitrogens with one attached hydrogen (secondary N) is 1. The molecule has 1 aromatic heterocycles. The summed E-state index contributed by atoms with van der Waals surface area (Å²) >= 11 is 0. The fraction of sp³-hybridized carbons (Fsp3) is 0.120. The lowest BCUT2D eigenvalue weighted by molar-refractivity contribution is -0.383. The largest absolute Gasteiger partial charge is 0.353 e. The Labute approximate surface area is 196 Å². The number of nitro groups is 1. The summed E-state index contributed by atoms with van der Waals surface area (Å²) in [5, 5.41) is 23.5. The van der Waals surface area contributed by atoms with Gasteiger partial charge in [-0.2, -0.15) is 10.2 Å². The normalized spacial score (nSPS) is 13.0. The summed E-state index contributed by atoms with van der Waals surface area (Å²) < 4.78 is 0. The Morgan fingerprint density at radius 3 is 2.26 bits per heavy atom. The summed E-state index contributed by atoms with van der Waals surface area (Å²) in [6, 6.07) is 24.7. The summed E-state index contributed by atoms with van der Waals surface area (Å²) in [5.74, 6) is 0.456. The van der Waals surface area contributed by atoms with Gasteiger partial charge < -0.3 is 10.2 Å². The zero-order valence-corrected chi connectivity index (χ0v) is 18.2. The Balaban J connectivity index is 1.37. The molecule has 4 aromatic rings. The van der Waals surface area contributed by atoms with Crippen LogP contribution >= 0.6 is 0 Å². The fourth-order valence-electron chi connectivity index (χ4n) is 3.90. The minimum atomic E-state index is -0.430. The van der Waals surface area contributed by atoms with Gasteiger partial charge >= 0.3 is 5.69 Å². The molecule has 0 saturated carbocycles. The number of hydrogen-bond donors (Lipinski definition) is 1. The van der Waals surface area contributed by atoms with Crippen LogP contribution in [0.15, 0.2) is 95.4 Å². The molecule has 168 valence electrons. The summed E-state index contributed by atoms with van der Waals surface area (Å²) in [6.45, 7) is 1.21. The maximum Gasteiger partial charge on any atom is 0.353 e. The van der Waals surface area contributed by atoms with Crippen LogP contribution in [0.3, 0.4) is 0 Å². The first kappa shape index (κ1) is 21.2. The third-order valence-electron chi connectivity index (χ3n) is 5.58. The smallest absolute Gasteiger partial charge is 0.346 e. The molecular formula is C25H21N7O2. The maximum atomic E-state index is 12.0. The summed E-state index contributed by atoms with van der Waals surface area (Å²) in [4.78, 5) is 22.0. The first-order chi connectivity index (χ1) is 16.7. The lowest BCUT2D eigenvalue weighted by atomic mass is 10.00. The van der Waals surface area contributed by atoms with E-state index < -0.39 is 4.92 Å². The number of azo groups is 1. The molecule has 0 bridgehead atoms. The van der Waals surface area contributed by atoms with Crippen LogP contribution in [0.2, 0.25) is 0 Å². The highest BCUT2D eigenvalue weighted by Gasteiger charge is 2.29. The highest BCUT2D eigenvalue weighted by Crippen LogP contribution is 2.36. The first-order valence-electron chi connectivity index (χ1n) is 10.8. The number of hydrogen-bond acceptors (Lipinski definition) is 8. The molecule has 0 atom stereocenters. The third kappa shape index (κ3) is 4.58. The average Bonchev–Trinajstić information content (AvgIpc) is 2.88. The van der Waals surface area contributed by atoms with E-state index in [1.165, 1.54) is 11.9 Å². The predicted molar refractivity (Wildman–Crippen MR) is 130 cm³/mol. The Morgan fingerprint density at radius 1 is 0.853 bits per heavy atom. The molecule has 0 aliphatic carbocycles. The molecule has 0 fully saturated rings. The maximum absolute atomic E-state index is 12.0. The molecule has 9 heteroatoms. The van der Waals surface area contributed by atoms with Crippen LogP contribution in [0.1, 0.15) is 11.1 Å². The highest BCUT2D eigenvalue weighted by atomic mass is 16.6. The molecule has 2 heterocycles. The number of aromatic nitrogens is 2. The zero-order chi connectivity index (χ0) is 23.3. The molecule has 1 aliphatic heterocycles. The Morgan fingerprint density at radius 2 is 1.53 bits per heavy atom. The number of rotatable bonds is 6. The first-order valence-corrected chi connectivity index (χ1v) is 10.8. The van der Waals surface area contributed by atoms with Crippen molar-refractivity contribution in [2.75, 3.05) is 16.8 Å². The standard InChI is InChI=1S/C25H21N7O2/c33-32(34)23-24(26-17-27-25(23)31-15-14-18-6-4-5-7-19(18)16-31)28-20-10-12-22(13-11-20)30-29-21-8-2-1-3-9-21/h1-13,17H,14-16H2,(H,26,27,28). The molecule has 5 rings (SSSR count). The van der Waals surface area contributed by atoms with E-state index in [0.29, 0.717) is 30.3 Å². The van der Waals surface area contributed by atoms with Gasteiger partial charge in [-0.15, -0.1) is 0 Å². The highest BCUT2D eigenvalue weighted by molar-refractivity contribution is 5.75. The van der Waals surface area contributed by atoms with Gasteiger partial charge in [0.25, 0.3) is 0 Å². The molecule has 0 amide bonds. The number of benzene rings is 3. The van der Waals surface area contributed by atoms with Crippen LogP contribution in [0.25, 0.3) is 0 Å². The van der Waals surface area contributed by atoms with E-state index in [-0.39, 0.29) is 11.5 Å². The SMILES string of the molecule is O=[N+]([O-])c1c(Nc2ccc(N=Nc3ccccc3)cc2)ncnc1N1CCc2ccccc2C1. The van der Waals surface area contributed by atoms with Gasteiger partial charge in [-0.1, -0.05) is 42.5 Å². The van der Waals surface area contributed by atoms with Crippen molar-refractivity contribution in [3.8, 4) is 0 Å². The van der Waals surface area contributed by atoms with Crippen molar-refractivity contribution < 1.29 is 4.92 Å². The van der Waals surface area contributed by atoms with Crippen molar-refractivity contribution in [3.05, 3.63) is 106 Å². The van der Waals surface area contributed by atoms with E-state index in [9.17, 15) is 10.1 Å². The predicted octanol–water partition coefficient (Wildman–Crippen LogP) is 6.11. The van der Waals surface area contributed by atoms with E-state index >= 15 is 0 Å². The fourth-order valence-corrected chi connectivity index (χ4v) is 3.90. The van der Waals surface area contributed by atoms with Crippen LogP contribution in [0.5, 0.6) is 0 Å². The van der Waals surface area contributed by atoms with Crippen LogP contribution in [-0.2, 0) is 13.0 Å². The molecule has 1 aliphatic rings. The van der Waals surface area contributed by atoms with Crippen molar-refractivity contribution >= 4 is 34.4 Å². The van der Waals surface area contributed by atoms with Crippen LogP contribution in [0.4, 0.5) is 34.4 Å². The number of fused-ring (bicyclic) bond motifs is 1. The zero-order valence-electron chi connectivity index (χ0n) is 18.2. The van der Waals surface area contributed by atoms with Gasteiger partial charge in [0.2, 0.25) is 11.6 Å². The van der Waals surface area contributed by atoms with Crippen LogP contribution < -0.4 is 10.2 Å². The molecule has 0 spiro atoms. The third-order valence-corrected chi connectivity index (χ3v) is 5.58. The number of anilines is 3. The van der Waals surface area contributed by atoms with Crippen LogP contribution in [-0.4, -0.2) is 21.4 Å². The Hall–Kier alpha value is -4.66. The minimum absolute atomic E-state index is 0.144. The molecule has 3 aromatic carbocycles. The lowest BCUT2D eigenvalue weighted by Crippen LogP contribution is -2.31. The van der Waals surface area contributed by atoms with E-state index in [2.05, 4.69) is 31.6 Å². The number of nitrogens with zero attached hydrogens (tertiary/aromatic N) is 6. The van der Waals surface area contributed by atoms with Gasteiger partial charge in [0.15, 0.2) is 0 Å². The van der Waals surface area contributed by atoms with Crippen molar-refractivity contribution in [2.24, 2.45) is 10.2 Å². The van der Waals surface area contributed by atoms with E-state index in [1.807, 2.05) is 53.4 Å². The summed E-state index contributed by atoms with van der Waals surface area (Å²) in [6.07, 6.45) is 2.16. The topological polar surface area (TPSA) is 109 Å². The second-order valence-electron chi connectivity index (χ2n) is 7.80. The van der Waals surface area contributed by atoms with Crippen LogP contribution in [0, 0.1) is 10.1 Å². The summed E-state index contributed by atoms with van der Waals surface area (Å²) in [5.41, 5.74) is 4.34. The monoisotopic (exact) mass is 451 g/mol. The Kier molecular flexibility index (Phi) is 5.89. The quantitative estimate of drug-likeness (QED) is 0.215. The van der Waals surface area contributed by atoms with Gasteiger partial charge in [0.1, 0.15) is 6.33 Å². The van der Waals surface area contributed by atoms with Crippen molar-refractivity contribution in [1.29, 1.82) is 0 Å². The molecular weight excluding hydrogens is 430 g/mol. The molecule has 0 radical (unpaired) electrons. The van der Waals surface area contributed by atoms with Gasteiger partial charge in [-0.05, 0) is 53.9 Å². The van der Waals surface area contributed by atoms with Crippen molar-refractivity contribution in [3.63, 3.8) is 0 Å². The van der Waals surface area contributed by atoms with Crippen molar-refractivity contribution in [1.82, 2.24) is 9.97 Å². The van der Waals surface area contributed by atoms with Gasteiger partial charge in [0, 0.05) is 18.8 Å². The van der Waals surface area contributed by atoms with E-state index in [1.54, 1.807) is 24.3 Å². The van der Waals surface area contributed by atoms with Gasteiger partial charge in [-0.3, -0.25) is 10.1 Å². The summed E-state index contributed by atoms with van der Waals surface area (Å²) in [7, 11) is 0. The lowest BCUT2D eigenvalue weighted by Gasteiger charge is -2.29. The van der Waals surface area contributed by atoms with Gasteiger partial charge in [-0.25, -0.2) is 9.97 Å². The molecule has 0 saturated heterocycles. The van der Waals surface area contributed by atoms with E-state index in [0.717, 1.165) is 17.7 Å². The van der Waals surface area contributed by atoms with E-state index in [4.69, 9.17) is 0 Å². The second kappa shape index (κ2) is 9.45. The molecule has 1 N–H and O–H groups in total. The second-order valence-corrected chi connectivity index (χ2v) is 7.80.